The Kier molecular flexibility index (Phi) is 7.10. The SMILES string of the molecule is C[C@H](/C=C/S(C)(=O)=O)NC(=O)c1cnc(N2CCCCC2c2ccccc2Cl)nc1. The van der Waals surface area contributed by atoms with Crippen molar-refractivity contribution in [1.29, 1.82) is 0 Å². The summed E-state index contributed by atoms with van der Waals surface area (Å²) in [6, 6.07) is 7.44. The molecule has 0 spiro atoms. The Morgan fingerprint density at radius 3 is 2.63 bits per heavy atom. The number of carbonyl (C=O) groups is 1. The molecular weight excluding hydrogens is 424 g/mol. The van der Waals surface area contributed by atoms with Crippen molar-refractivity contribution in [2.75, 3.05) is 17.7 Å². The first-order valence-corrected chi connectivity index (χ1v) is 12.1. The number of hydrogen-bond donors (Lipinski definition) is 1. The number of piperidine rings is 1. The van der Waals surface area contributed by atoms with Crippen LogP contribution in [0.4, 0.5) is 5.95 Å². The minimum atomic E-state index is -3.24. The van der Waals surface area contributed by atoms with E-state index in [0.29, 0.717) is 11.5 Å². The molecule has 7 nitrogen and oxygen atoms in total. The number of hydrogen-bond acceptors (Lipinski definition) is 6. The van der Waals surface area contributed by atoms with Crippen LogP contribution < -0.4 is 10.2 Å². The average Bonchev–Trinajstić information content (AvgIpc) is 2.72. The number of nitrogens with zero attached hydrogens (tertiary/aromatic N) is 3. The molecule has 1 amide bonds. The van der Waals surface area contributed by atoms with Crippen LogP contribution >= 0.6 is 11.6 Å². The second-order valence-electron chi connectivity index (χ2n) is 7.42. The lowest BCUT2D eigenvalue weighted by Crippen LogP contribution is -2.35. The highest BCUT2D eigenvalue weighted by Crippen LogP contribution is 2.36. The third kappa shape index (κ3) is 5.79. The van der Waals surface area contributed by atoms with Gasteiger partial charge >= 0.3 is 0 Å². The monoisotopic (exact) mass is 448 g/mol. The predicted octanol–water partition coefficient (Wildman–Crippen LogP) is 3.54. The van der Waals surface area contributed by atoms with Gasteiger partial charge in [-0.15, -0.1) is 0 Å². The van der Waals surface area contributed by atoms with Gasteiger partial charge in [-0.3, -0.25) is 4.79 Å². The third-order valence-corrected chi connectivity index (χ3v) is 5.89. The molecule has 9 heteroatoms. The molecule has 0 bridgehead atoms. The quantitative estimate of drug-likeness (QED) is 0.726. The van der Waals surface area contributed by atoms with Gasteiger partial charge in [0, 0.05) is 41.7 Å². The summed E-state index contributed by atoms with van der Waals surface area (Å²) < 4.78 is 22.4. The summed E-state index contributed by atoms with van der Waals surface area (Å²) in [6.45, 7) is 2.51. The fraction of sp³-hybridized carbons (Fsp3) is 0.381. The van der Waals surface area contributed by atoms with E-state index in [-0.39, 0.29) is 11.9 Å². The maximum atomic E-state index is 12.4. The van der Waals surface area contributed by atoms with Crippen LogP contribution in [-0.2, 0) is 9.84 Å². The van der Waals surface area contributed by atoms with Gasteiger partial charge in [0.05, 0.1) is 11.6 Å². The number of carbonyl (C=O) groups excluding carboxylic acids is 1. The largest absolute Gasteiger partial charge is 0.346 e. The Bertz CT molecular complexity index is 1020. The van der Waals surface area contributed by atoms with E-state index < -0.39 is 15.9 Å². The molecule has 1 N–H and O–H groups in total. The lowest BCUT2D eigenvalue weighted by atomic mass is 9.95. The van der Waals surface area contributed by atoms with Crippen LogP contribution in [-0.4, -0.2) is 43.1 Å². The summed E-state index contributed by atoms with van der Waals surface area (Å²) in [7, 11) is -3.24. The summed E-state index contributed by atoms with van der Waals surface area (Å²) in [4.78, 5) is 23.4. The summed E-state index contributed by atoms with van der Waals surface area (Å²) in [5.41, 5.74) is 1.36. The maximum Gasteiger partial charge on any atom is 0.254 e. The van der Waals surface area contributed by atoms with Crippen molar-refractivity contribution in [2.24, 2.45) is 0 Å². The Hall–Kier alpha value is -2.45. The molecule has 1 aliphatic heterocycles. The van der Waals surface area contributed by atoms with E-state index in [0.717, 1.165) is 48.1 Å². The smallest absolute Gasteiger partial charge is 0.254 e. The molecule has 1 saturated heterocycles. The van der Waals surface area contributed by atoms with Gasteiger partial charge in [-0.1, -0.05) is 35.9 Å². The fourth-order valence-electron chi connectivity index (χ4n) is 3.43. The van der Waals surface area contributed by atoms with Crippen molar-refractivity contribution in [3.63, 3.8) is 0 Å². The standard InChI is InChI=1S/C21H25ClN4O3S/c1-15(10-12-30(2,28)29)25-20(27)16-13-23-21(24-14-16)26-11-6-5-9-19(26)17-7-3-4-8-18(17)22/h3-4,7-8,10,12-15,19H,5-6,9,11H2,1-2H3,(H,25,27)/b12-10+/t15-,19?/m1/s1. The van der Waals surface area contributed by atoms with Gasteiger partial charge in [0.1, 0.15) is 0 Å². The van der Waals surface area contributed by atoms with E-state index in [4.69, 9.17) is 11.6 Å². The molecule has 0 aliphatic carbocycles. The van der Waals surface area contributed by atoms with Crippen LogP contribution in [0.2, 0.25) is 5.02 Å². The number of halogens is 1. The molecule has 2 atom stereocenters. The van der Waals surface area contributed by atoms with E-state index in [2.05, 4.69) is 20.2 Å². The second-order valence-corrected chi connectivity index (χ2v) is 9.76. The number of anilines is 1. The topological polar surface area (TPSA) is 92.3 Å². The Balaban J connectivity index is 1.73. The van der Waals surface area contributed by atoms with E-state index >= 15 is 0 Å². The zero-order valence-electron chi connectivity index (χ0n) is 17.0. The number of amides is 1. The Labute approximate surface area is 182 Å². The predicted molar refractivity (Wildman–Crippen MR) is 118 cm³/mol. The van der Waals surface area contributed by atoms with E-state index in [1.54, 1.807) is 6.92 Å². The molecule has 3 rings (SSSR count). The van der Waals surface area contributed by atoms with E-state index in [1.807, 2.05) is 24.3 Å². The Morgan fingerprint density at radius 1 is 1.27 bits per heavy atom. The van der Waals surface area contributed by atoms with Crippen LogP contribution in [0.15, 0.2) is 48.1 Å². The van der Waals surface area contributed by atoms with Crippen molar-refractivity contribution in [3.8, 4) is 0 Å². The number of nitrogens with one attached hydrogen (secondary N) is 1. The van der Waals surface area contributed by atoms with Crippen LogP contribution in [0.5, 0.6) is 0 Å². The van der Waals surface area contributed by atoms with Gasteiger partial charge in [-0.05, 0) is 37.8 Å². The van der Waals surface area contributed by atoms with Gasteiger partial charge < -0.3 is 10.2 Å². The maximum absolute atomic E-state index is 12.4. The van der Waals surface area contributed by atoms with Crippen LogP contribution in [0.25, 0.3) is 0 Å². The van der Waals surface area contributed by atoms with Gasteiger partial charge in [-0.2, -0.15) is 0 Å². The number of aromatic nitrogens is 2. The number of benzene rings is 1. The summed E-state index contributed by atoms with van der Waals surface area (Å²) in [6.07, 6.45) is 8.60. The summed E-state index contributed by atoms with van der Waals surface area (Å²) in [5.74, 6) is 0.190. The summed E-state index contributed by atoms with van der Waals surface area (Å²) in [5, 5.41) is 4.50. The first-order valence-electron chi connectivity index (χ1n) is 9.77. The van der Waals surface area contributed by atoms with Gasteiger partial charge in [-0.25, -0.2) is 18.4 Å². The molecule has 1 aliphatic rings. The minimum Gasteiger partial charge on any atom is -0.346 e. The third-order valence-electron chi connectivity index (χ3n) is 4.90. The molecule has 0 radical (unpaired) electrons. The highest BCUT2D eigenvalue weighted by molar-refractivity contribution is 7.93. The molecular formula is C21H25ClN4O3S. The highest BCUT2D eigenvalue weighted by atomic mass is 35.5. The van der Waals surface area contributed by atoms with Crippen molar-refractivity contribution >= 4 is 33.3 Å². The lowest BCUT2D eigenvalue weighted by molar-refractivity contribution is 0.0946. The van der Waals surface area contributed by atoms with Crippen LogP contribution in [0.3, 0.4) is 0 Å². The second kappa shape index (κ2) is 9.57. The minimum absolute atomic E-state index is 0.0910. The molecule has 1 unspecified atom stereocenters. The normalized spacial score (nSPS) is 18.4. The average molecular weight is 449 g/mol. The van der Waals surface area contributed by atoms with E-state index in [1.165, 1.54) is 18.5 Å². The lowest BCUT2D eigenvalue weighted by Gasteiger charge is -2.36. The first kappa shape index (κ1) is 22.2. The van der Waals surface area contributed by atoms with Gasteiger partial charge in [0.2, 0.25) is 5.95 Å². The van der Waals surface area contributed by atoms with Gasteiger partial charge in [0.15, 0.2) is 9.84 Å². The zero-order chi connectivity index (χ0) is 21.7. The fourth-order valence-corrected chi connectivity index (χ4v) is 4.21. The molecule has 2 aromatic rings. The Morgan fingerprint density at radius 2 is 1.97 bits per heavy atom. The van der Waals surface area contributed by atoms with Crippen molar-refractivity contribution in [1.82, 2.24) is 15.3 Å². The zero-order valence-corrected chi connectivity index (χ0v) is 18.5. The molecule has 0 saturated carbocycles. The molecule has 1 aromatic heterocycles. The highest BCUT2D eigenvalue weighted by Gasteiger charge is 2.27. The molecule has 2 heterocycles. The van der Waals surface area contributed by atoms with Crippen molar-refractivity contribution < 1.29 is 13.2 Å². The van der Waals surface area contributed by atoms with Crippen LogP contribution in [0.1, 0.15) is 48.1 Å². The first-order chi connectivity index (χ1) is 14.2. The summed E-state index contributed by atoms with van der Waals surface area (Å²) >= 11 is 6.42. The molecule has 1 fully saturated rings. The number of sulfone groups is 1. The molecule has 30 heavy (non-hydrogen) atoms. The van der Waals surface area contributed by atoms with Gasteiger partial charge in [0.25, 0.3) is 5.91 Å². The number of rotatable bonds is 6. The van der Waals surface area contributed by atoms with Crippen LogP contribution in [0, 0.1) is 0 Å². The van der Waals surface area contributed by atoms with Crippen molar-refractivity contribution in [2.45, 2.75) is 38.3 Å². The molecule has 1 aromatic carbocycles. The molecule has 160 valence electrons. The van der Waals surface area contributed by atoms with Crippen molar-refractivity contribution in [3.05, 3.63) is 64.3 Å². The van der Waals surface area contributed by atoms with E-state index in [9.17, 15) is 13.2 Å².